The fourth-order valence-corrected chi connectivity index (χ4v) is 1.90. The van der Waals surface area contributed by atoms with E-state index in [1.165, 1.54) is 0 Å². The van der Waals surface area contributed by atoms with Gasteiger partial charge in [-0.1, -0.05) is 6.08 Å². The summed E-state index contributed by atoms with van der Waals surface area (Å²) in [6, 6.07) is 0. The molecule has 15 heavy (non-hydrogen) atoms. The lowest BCUT2D eigenvalue weighted by atomic mass is 10.1. The molecule has 0 N–H and O–H groups in total. The molecule has 0 atom stereocenters. The molecule has 2 heterocycles. The molecule has 0 saturated carbocycles. The van der Waals surface area contributed by atoms with Gasteiger partial charge in [-0.05, 0) is 12.7 Å². The maximum atomic E-state index is 4.39. The zero-order chi connectivity index (χ0) is 10.5. The number of rotatable bonds is 4. The predicted molar refractivity (Wildman–Crippen MR) is 66.6 cm³/mol. The number of hydrogen-bond acceptors (Lipinski definition) is 3. The van der Waals surface area contributed by atoms with Crippen molar-refractivity contribution in [3.63, 3.8) is 0 Å². The third kappa shape index (κ3) is 2.72. The van der Waals surface area contributed by atoms with Crippen LogP contribution in [0.25, 0.3) is 5.57 Å². The van der Waals surface area contributed by atoms with Crippen LogP contribution in [0.1, 0.15) is 12.1 Å². The number of thioether (sulfide) groups is 1. The molecule has 4 heteroatoms. The number of aryl methyl sites for hydroxylation is 1. The summed E-state index contributed by atoms with van der Waals surface area (Å²) in [6.45, 7) is 1.94. The fourth-order valence-electron chi connectivity index (χ4n) is 1.51. The zero-order valence-corrected chi connectivity index (χ0v) is 9.70. The first-order chi connectivity index (χ1) is 7.40. The molecule has 0 fully saturated rings. The van der Waals surface area contributed by atoms with Gasteiger partial charge in [0.05, 0.1) is 12.0 Å². The van der Waals surface area contributed by atoms with Crippen molar-refractivity contribution in [2.45, 2.75) is 13.0 Å². The van der Waals surface area contributed by atoms with Crippen LogP contribution in [0.3, 0.4) is 0 Å². The molecule has 0 amide bonds. The van der Waals surface area contributed by atoms with Gasteiger partial charge in [-0.2, -0.15) is 11.8 Å². The molecule has 1 aliphatic heterocycles. The number of allylic oxidation sites excluding steroid dienone is 1. The van der Waals surface area contributed by atoms with E-state index in [9.17, 15) is 0 Å². The maximum absolute atomic E-state index is 4.39. The Morgan fingerprint density at radius 2 is 2.47 bits per heavy atom. The molecule has 80 valence electrons. The summed E-state index contributed by atoms with van der Waals surface area (Å²) < 4.78 is 2.13. The molecule has 0 aromatic carbocycles. The van der Waals surface area contributed by atoms with Crippen LogP contribution >= 0.6 is 11.8 Å². The van der Waals surface area contributed by atoms with Gasteiger partial charge >= 0.3 is 0 Å². The van der Waals surface area contributed by atoms with Gasteiger partial charge in [-0.25, -0.2) is 4.98 Å². The number of aliphatic imine (C=N–C) groups is 1. The molecule has 1 aliphatic rings. The van der Waals surface area contributed by atoms with E-state index in [2.05, 4.69) is 33.1 Å². The van der Waals surface area contributed by atoms with Gasteiger partial charge in [0, 0.05) is 36.8 Å². The maximum Gasteiger partial charge on any atom is 0.0954 e. The molecule has 0 unspecified atom stereocenters. The quantitative estimate of drug-likeness (QED) is 0.779. The average Bonchev–Trinajstić information content (AvgIpc) is 2.76. The monoisotopic (exact) mass is 221 g/mol. The molecular formula is C11H15N3S. The second kappa shape index (κ2) is 5.16. The van der Waals surface area contributed by atoms with E-state index in [1.54, 1.807) is 0 Å². The van der Waals surface area contributed by atoms with Crippen molar-refractivity contribution in [1.29, 1.82) is 0 Å². The van der Waals surface area contributed by atoms with Crippen molar-refractivity contribution in [2.24, 2.45) is 4.99 Å². The van der Waals surface area contributed by atoms with E-state index < -0.39 is 0 Å². The Hall–Kier alpha value is -1.03. The Morgan fingerprint density at radius 3 is 3.20 bits per heavy atom. The van der Waals surface area contributed by atoms with Crippen molar-refractivity contribution in [3.05, 3.63) is 24.3 Å². The van der Waals surface area contributed by atoms with E-state index in [0.29, 0.717) is 0 Å². The van der Waals surface area contributed by atoms with Gasteiger partial charge in [0.2, 0.25) is 0 Å². The summed E-state index contributed by atoms with van der Waals surface area (Å²) in [7, 11) is 0. The Kier molecular flexibility index (Phi) is 3.61. The Bertz CT molecular complexity index is 379. The van der Waals surface area contributed by atoms with Gasteiger partial charge in [0.25, 0.3) is 0 Å². The lowest BCUT2D eigenvalue weighted by molar-refractivity contribution is 0.771. The zero-order valence-electron chi connectivity index (χ0n) is 8.89. The van der Waals surface area contributed by atoms with E-state index >= 15 is 0 Å². The highest BCUT2D eigenvalue weighted by Gasteiger charge is 2.05. The average molecular weight is 221 g/mol. The van der Waals surface area contributed by atoms with Gasteiger partial charge in [-0.15, -0.1) is 0 Å². The summed E-state index contributed by atoms with van der Waals surface area (Å²) >= 11 is 1.85. The third-order valence-electron chi connectivity index (χ3n) is 2.34. The normalized spacial score (nSPS) is 15.4. The number of nitrogens with zero attached hydrogens (tertiary/aromatic N) is 3. The molecule has 0 spiro atoms. The second-order valence-electron chi connectivity index (χ2n) is 3.47. The van der Waals surface area contributed by atoms with Crippen LogP contribution in [0.2, 0.25) is 0 Å². The van der Waals surface area contributed by atoms with E-state index in [0.717, 1.165) is 36.5 Å². The van der Waals surface area contributed by atoms with E-state index in [1.807, 2.05) is 24.3 Å². The number of imidazole rings is 1. The van der Waals surface area contributed by atoms with Crippen molar-refractivity contribution < 1.29 is 0 Å². The van der Waals surface area contributed by atoms with Crippen molar-refractivity contribution in [3.8, 4) is 0 Å². The second-order valence-corrected chi connectivity index (χ2v) is 4.46. The largest absolute Gasteiger partial charge is 0.336 e. The summed E-state index contributed by atoms with van der Waals surface area (Å²) in [4.78, 5) is 8.65. The minimum atomic E-state index is 0.913. The number of dihydropyridines is 1. The molecule has 2 rings (SSSR count). The van der Waals surface area contributed by atoms with Crippen LogP contribution < -0.4 is 0 Å². The molecule has 0 aliphatic carbocycles. The predicted octanol–water partition coefficient (Wildman–Crippen LogP) is 2.10. The van der Waals surface area contributed by atoms with Crippen molar-refractivity contribution in [2.75, 3.05) is 18.6 Å². The summed E-state index contributed by atoms with van der Waals surface area (Å²) in [5, 5.41) is 0. The highest BCUT2D eigenvalue weighted by atomic mass is 32.2. The summed E-state index contributed by atoms with van der Waals surface area (Å²) in [5.41, 5.74) is 2.20. The standard InChI is InChI=1S/C11H15N3S/c1-15-6-5-14-8-11(13-9-14)10-3-2-4-12-7-10/h3,7-9H,2,4-6H2,1H3. The van der Waals surface area contributed by atoms with Crippen LogP contribution in [0.15, 0.2) is 23.6 Å². The Morgan fingerprint density at radius 1 is 1.53 bits per heavy atom. The van der Waals surface area contributed by atoms with Crippen LogP contribution in [-0.4, -0.2) is 34.3 Å². The smallest absolute Gasteiger partial charge is 0.0954 e. The summed E-state index contributed by atoms with van der Waals surface area (Å²) in [6.07, 6.45) is 11.3. The first kappa shape index (κ1) is 10.5. The van der Waals surface area contributed by atoms with Gasteiger partial charge in [-0.3, -0.25) is 4.99 Å². The van der Waals surface area contributed by atoms with Crippen molar-refractivity contribution >= 4 is 23.5 Å². The minimum Gasteiger partial charge on any atom is -0.336 e. The number of hydrogen-bond donors (Lipinski definition) is 0. The molecule has 3 nitrogen and oxygen atoms in total. The van der Waals surface area contributed by atoms with Crippen LogP contribution in [0, 0.1) is 0 Å². The van der Waals surface area contributed by atoms with E-state index in [-0.39, 0.29) is 0 Å². The molecule has 1 aromatic heterocycles. The molecule has 0 radical (unpaired) electrons. The molecular weight excluding hydrogens is 206 g/mol. The summed E-state index contributed by atoms with van der Waals surface area (Å²) in [5.74, 6) is 1.13. The van der Waals surface area contributed by atoms with Crippen molar-refractivity contribution in [1.82, 2.24) is 9.55 Å². The topological polar surface area (TPSA) is 30.2 Å². The molecule has 0 saturated heterocycles. The Balaban J connectivity index is 2.06. The van der Waals surface area contributed by atoms with Gasteiger partial charge in [0.1, 0.15) is 0 Å². The lowest BCUT2D eigenvalue weighted by Gasteiger charge is -2.02. The van der Waals surface area contributed by atoms with Crippen LogP contribution in [0.4, 0.5) is 0 Å². The Labute approximate surface area is 94.3 Å². The first-order valence-electron chi connectivity index (χ1n) is 5.11. The minimum absolute atomic E-state index is 0.913. The fraction of sp³-hybridized carbons (Fsp3) is 0.455. The highest BCUT2D eigenvalue weighted by Crippen LogP contribution is 2.13. The highest BCUT2D eigenvalue weighted by molar-refractivity contribution is 7.98. The lowest BCUT2D eigenvalue weighted by Crippen LogP contribution is -1.97. The van der Waals surface area contributed by atoms with Gasteiger partial charge < -0.3 is 4.57 Å². The molecule has 1 aromatic rings. The van der Waals surface area contributed by atoms with Crippen LogP contribution in [0.5, 0.6) is 0 Å². The molecule has 0 bridgehead atoms. The third-order valence-corrected chi connectivity index (χ3v) is 2.93. The number of aromatic nitrogens is 2. The SMILES string of the molecule is CSCCn1cnc(C2=CCCN=C2)c1. The van der Waals surface area contributed by atoms with Crippen LogP contribution in [-0.2, 0) is 6.54 Å². The first-order valence-corrected chi connectivity index (χ1v) is 6.50. The van der Waals surface area contributed by atoms with E-state index in [4.69, 9.17) is 0 Å². The van der Waals surface area contributed by atoms with Gasteiger partial charge in [0.15, 0.2) is 0 Å².